The second-order valence-electron chi connectivity index (χ2n) is 6.25. The summed E-state index contributed by atoms with van der Waals surface area (Å²) in [5, 5.41) is 7.97. The van der Waals surface area contributed by atoms with Crippen LogP contribution in [0.3, 0.4) is 0 Å². The van der Waals surface area contributed by atoms with E-state index in [-0.39, 0.29) is 17.4 Å². The first-order valence-corrected chi connectivity index (χ1v) is 8.83. The zero-order valence-electron chi connectivity index (χ0n) is 15.0. The summed E-state index contributed by atoms with van der Waals surface area (Å²) in [6.45, 7) is 1.72. The maximum absolute atomic E-state index is 13.3. The lowest BCUT2D eigenvalue weighted by atomic mass is 10.1. The Kier molecular flexibility index (Phi) is 6.27. The summed E-state index contributed by atoms with van der Waals surface area (Å²) in [7, 11) is 0. The van der Waals surface area contributed by atoms with Crippen LogP contribution in [0.4, 0.5) is 4.39 Å². The average molecular weight is 367 g/mol. The molecule has 3 rings (SSSR count). The highest BCUT2D eigenvalue weighted by Crippen LogP contribution is 2.08. The molecule has 27 heavy (non-hydrogen) atoms. The van der Waals surface area contributed by atoms with E-state index in [1.165, 1.54) is 16.8 Å². The molecule has 6 nitrogen and oxygen atoms in total. The summed E-state index contributed by atoms with van der Waals surface area (Å²) in [5.74, 6) is -0.513. The second-order valence-corrected chi connectivity index (χ2v) is 6.25. The van der Waals surface area contributed by atoms with Crippen molar-refractivity contribution in [2.45, 2.75) is 13.0 Å². The Morgan fingerprint density at radius 3 is 2.59 bits per heavy atom. The van der Waals surface area contributed by atoms with Crippen LogP contribution in [0.15, 0.2) is 60.8 Å². The molecule has 0 radical (unpaired) electrons. The molecule has 0 aliphatic rings. The Morgan fingerprint density at radius 1 is 1.07 bits per heavy atom. The third kappa shape index (κ3) is 5.21. The van der Waals surface area contributed by atoms with Crippen molar-refractivity contribution in [1.82, 2.24) is 19.9 Å². The van der Waals surface area contributed by atoms with Crippen LogP contribution in [0.2, 0.25) is 0 Å². The van der Waals surface area contributed by atoms with Gasteiger partial charge >= 0.3 is 0 Å². The van der Waals surface area contributed by atoms with E-state index in [0.717, 1.165) is 17.5 Å². The number of carbonyl (C=O) groups is 1. The minimum absolute atomic E-state index is 0.207. The Labute approximate surface area is 157 Å². The quantitative estimate of drug-likeness (QED) is 0.662. The molecule has 0 unspecified atom stereocenters. The van der Waals surface area contributed by atoms with Gasteiger partial charge in [0.1, 0.15) is 5.82 Å². The van der Waals surface area contributed by atoms with Crippen LogP contribution in [0.25, 0.3) is 0 Å². The minimum atomic E-state index is -0.307. The molecule has 2 aromatic carbocycles. The van der Waals surface area contributed by atoms with E-state index in [4.69, 9.17) is 5.73 Å². The van der Waals surface area contributed by atoms with Crippen LogP contribution in [0.5, 0.6) is 0 Å². The van der Waals surface area contributed by atoms with Crippen molar-refractivity contribution in [3.63, 3.8) is 0 Å². The maximum Gasteiger partial charge on any atom is 0.276 e. The third-order valence-corrected chi connectivity index (χ3v) is 4.19. The van der Waals surface area contributed by atoms with Crippen molar-refractivity contribution in [3.8, 4) is 0 Å². The van der Waals surface area contributed by atoms with Crippen molar-refractivity contribution in [2.24, 2.45) is 5.73 Å². The van der Waals surface area contributed by atoms with E-state index >= 15 is 0 Å². The van der Waals surface area contributed by atoms with Gasteiger partial charge in [-0.3, -0.25) is 4.79 Å². The van der Waals surface area contributed by atoms with Gasteiger partial charge in [-0.05, 0) is 29.7 Å². The summed E-state index contributed by atoms with van der Waals surface area (Å²) >= 11 is 0. The third-order valence-electron chi connectivity index (χ3n) is 4.19. The number of nitrogens with zero attached hydrogens (tertiary/aromatic N) is 4. The van der Waals surface area contributed by atoms with Gasteiger partial charge in [0.25, 0.3) is 5.91 Å². The maximum atomic E-state index is 13.3. The van der Waals surface area contributed by atoms with Gasteiger partial charge in [-0.15, -0.1) is 5.10 Å². The van der Waals surface area contributed by atoms with Crippen LogP contribution >= 0.6 is 0 Å². The largest absolute Gasteiger partial charge is 0.336 e. The van der Waals surface area contributed by atoms with Gasteiger partial charge in [-0.1, -0.05) is 47.7 Å². The summed E-state index contributed by atoms with van der Waals surface area (Å²) in [5.41, 5.74) is 7.83. The molecule has 1 amide bonds. The number of hydrogen-bond acceptors (Lipinski definition) is 4. The highest BCUT2D eigenvalue weighted by atomic mass is 19.1. The molecule has 0 fully saturated rings. The predicted octanol–water partition coefficient (Wildman–Crippen LogP) is 2.11. The lowest BCUT2D eigenvalue weighted by Crippen LogP contribution is -2.37. The molecular weight excluding hydrogens is 345 g/mol. The molecule has 0 atom stereocenters. The zero-order valence-corrected chi connectivity index (χ0v) is 15.0. The lowest BCUT2D eigenvalue weighted by molar-refractivity contribution is 0.0756. The fraction of sp³-hybridized carbons (Fsp3) is 0.250. The van der Waals surface area contributed by atoms with Gasteiger partial charge in [0.05, 0.1) is 12.7 Å². The second kappa shape index (κ2) is 9.05. The van der Waals surface area contributed by atoms with Crippen LogP contribution < -0.4 is 5.73 Å². The number of halogens is 1. The van der Waals surface area contributed by atoms with E-state index < -0.39 is 0 Å². The average Bonchev–Trinajstić information content (AvgIpc) is 3.14. The number of aromatic nitrogens is 3. The molecular formula is C20H22FN5O. The SMILES string of the molecule is NCCN(CCc1ccccc1)C(=O)c1cn(Cc2cccc(F)c2)nn1. The molecule has 140 valence electrons. The number of amides is 1. The molecule has 0 bridgehead atoms. The van der Waals surface area contributed by atoms with Crippen molar-refractivity contribution < 1.29 is 9.18 Å². The molecule has 1 heterocycles. The standard InChI is InChI=1S/C20H22FN5O/c21-18-8-4-7-17(13-18)14-26-15-19(23-24-26)20(27)25(12-10-22)11-9-16-5-2-1-3-6-16/h1-8,13,15H,9-12,14,22H2. The Bertz CT molecular complexity index is 881. The van der Waals surface area contributed by atoms with Crippen molar-refractivity contribution in [2.75, 3.05) is 19.6 Å². The van der Waals surface area contributed by atoms with Crippen LogP contribution in [0, 0.1) is 5.82 Å². The Morgan fingerprint density at radius 2 is 1.85 bits per heavy atom. The molecule has 0 aliphatic heterocycles. The van der Waals surface area contributed by atoms with Gasteiger partial charge in [-0.2, -0.15) is 0 Å². The monoisotopic (exact) mass is 367 g/mol. The lowest BCUT2D eigenvalue weighted by Gasteiger charge is -2.20. The Hall–Kier alpha value is -3.06. The van der Waals surface area contributed by atoms with E-state index in [1.807, 2.05) is 30.3 Å². The minimum Gasteiger partial charge on any atom is -0.336 e. The molecule has 0 saturated carbocycles. The zero-order chi connectivity index (χ0) is 19.1. The van der Waals surface area contributed by atoms with Crippen LogP contribution in [-0.2, 0) is 13.0 Å². The molecule has 0 aliphatic carbocycles. The van der Waals surface area contributed by atoms with Gasteiger partial charge in [-0.25, -0.2) is 9.07 Å². The smallest absolute Gasteiger partial charge is 0.276 e. The van der Waals surface area contributed by atoms with Crippen LogP contribution in [-0.4, -0.2) is 45.4 Å². The normalized spacial score (nSPS) is 10.7. The van der Waals surface area contributed by atoms with Gasteiger partial charge in [0.2, 0.25) is 0 Å². The summed E-state index contributed by atoms with van der Waals surface area (Å²) in [4.78, 5) is 14.5. The topological polar surface area (TPSA) is 77.0 Å². The molecule has 1 aromatic heterocycles. The number of benzene rings is 2. The first-order chi connectivity index (χ1) is 13.2. The van der Waals surface area contributed by atoms with Gasteiger partial charge in [0.15, 0.2) is 5.69 Å². The van der Waals surface area contributed by atoms with Crippen LogP contribution in [0.1, 0.15) is 21.6 Å². The number of hydrogen-bond donors (Lipinski definition) is 1. The van der Waals surface area contributed by atoms with E-state index in [1.54, 1.807) is 23.2 Å². The summed E-state index contributed by atoms with van der Waals surface area (Å²) < 4.78 is 14.8. The Balaban J connectivity index is 1.66. The van der Waals surface area contributed by atoms with Crippen molar-refractivity contribution >= 4 is 5.91 Å². The molecule has 2 N–H and O–H groups in total. The highest BCUT2D eigenvalue weighted by Gasteiger charge is 2.18. The van der Waals surface area contributed by atoms with E-state index in [0.29, 0.717) is 26.2 Å². The first-order valence-electron chi connectivity index (χ1n) is 8.83. The number of nitrogens with two attached hydrogens (primary N) is 1. The fourth-order valence-electron chi connectivity index (χ4n) is 2.84. The molecule has 3 aromatic rings. The summed E-state index contributed by atoms with van der Waals surface area (Å²) in [6, 6.07) is 16.2. The van der Waals surface area contributed by atoms with Crippen molar-refractivity contribution in [1.29, 1.82) is 0 Å². The fourth-order valence-corrected chi connectivity index (χ4v) is 2.84. The van der Waals surface area contributed by atoms with E-state index in [2.05, 4.69) is 10.3 Å². The van der Waals surface area contributed by atoms with E-state index in [9.17, 15) is 9.18 Å². The van der Waals surface area contributed by atoms with Gasteiger partial charge < -0.3 is 10.6 Å². The molecule has 0 saturated heterocycles. The highest BCUT2D eigenvalue weighted by molar-refractivity contribution is 5.91. The van der Waals surface area contributed by atoms with Crippen molar-refractivity contribution in [3.05, 3.63) is 83.4 Å². The molecule has 0 spiro atoms. The number of rotatable bonds is 8. The predicted molar refractivity (Wildman–Crippen MR) is 101 cm³/mol. The summed E-state index contributed by atoms with van der Waals surface area (Å²) in [6.07, 6.45) is 2.32. The molecule has 7 heteroatoms. The first kappa shape index (κ1) is 18.7. The van der Waals surface area contributed by atoms with Gasteiger partial charge in [0, 0.05) is 19.6 Å². The number of carbonyl (C=O) groups excluding carboxylic acids is 1.